The largest absolute Gasteiger partial charge is 0.507 e. The van der Waals surface area contributed by atoms with Crippen molar-refractivity contribution in [2.24, 2.45) is 0 Å². The van der Waals surface area contributed by atoms with Gasteiger partial charge in [-0.2, -0.15) is 0 Å². The highest BCUT2D eigenvalue weighted by molar-refractivity contribution is 5.67. The first-order valence-corrected chi connectivity index (χ1v) is 6.76. The third kappa shape index (κ3) is 2.24. The number of benzene rings is 1. The number of pyridine rings is 1. The van der Waals surface area contributed by atoms with Gasteiger partial charge in [0.1, 0.15) is 5.75 Å². The Kier molecular flexibility index (Phi) is 3.46. The molecule has 3 heteroatoms. The number of rotatable bonds is 1. The molecular formula is C17H21NO2. The van der Waals surface area contributed by atoms with Crippen LogP contribution in [0.4, 0.5) is 0 Å². The van der Waals surface area contributed by atoms with Gasteiger partial charge in [0.25, 0.3) is 5.56 Å². The zero-order valence-electron chi connectivity index (χ0n) is 12.7. The number of hydrogen-bond acceptors (Lipinski definition) is 2. The fourth-order valence-corrected chi connectivity index (χ4v) is 2.51. The predicted molar refractivity (Wildman–Crippen MR) is 82.3 cm³/mol. The smallest absolute Gasteiger partial charge is 0.258 e. The molecule has 106 valence electrons. The molecule has 0 atom stereocenters. The fourth-order valence-electron chi connectivity index (χ4n) is 2.51. The normalized spacial score (nSPS) is 11.7. The van der Waals surface area contributed by atoms with E-state index < -0.39 is 0 Å². The van der Waals surface area contributed by atoms with E-state index in [1.165, 1.54) is 0 Å². The summed E-state index contributed by atoms with van der Waals surface area (Å²) in [4.78, 5) is 12.6. The molecule has 0 aliphatic heterocycles. The van der Waals surface area contributed by atoms with Crippen molar-refractivity contribution in [1.82, 2.24) is 4.57 Å². The molecule has 0 aliphatic rings. The Bertz CT molecular complexity index is 692. The highest BCUT2D eigenvalue weighted by Crippen LogP contribution is 2.32. The van der Waals surface area contributed by atoms with Crippen LogP contribution in [0.1, 0.15) is 31.9 Å². The molecule has 0 unspecified atom stereocenters. The third-order valence-electron chi connectivity index (χ3n) is 3.53. The second-order valence-corrected chi connectivity index (χ2v) is 6.12. The summed E-state index contributed by atoms with van der Waals surface area (Å²) in [5.74, 6) is 0.0920. The minimum atomic E-state index is -0.356. The topological polar surface area (TPSA) is 42.2 Å². The van der Waals surface area contributed by atoms with Gasteiger partial charge < -0.3 is 9.67 Å². The first-order valence-electron chi connectivity index (χ1n) is 6.76. The Hall–Kier alpha value is -2.03. The molecule has 3 nitrogen and oxygen atoms in total. The van der Waals surface area contributed by atoms with Gasteiger partial charge in [-0.3, -0.25) is 4.79 Å². The number of nitrogens with zero attached hydrogens (tertiary/aromatic N) is 1. The Morgan fingerprint density at radius 3 is 2.05 bits per heavy atom. The molecule has 1 heterocycles. The molecule has 1 N–H and O–H groups in total. The Morgan fingerprint density at radius 1 is 1.00 bits per heavy atom. The maximum atomic E-state index is 12.6. The van der Waals surface area contributed by atoms with E-state index in [-0.39, 0.29) is 16.8 Å². The summed E-state index contributed by atoms with van der Waals surface area (Å²) in [6.45, 7) is 9.51. The van der Waals surface area contributed by atoms with E-state index in [9.17, 15) is 9.90 Å². The highest BCUT2D eigenvalue weighted by Gasteiger charge is 2.24. The Labute approximate surface area is 119 Å². The molecule has 0 bridgehead atoms. The summed E-state index contributed by atoms with van der Waals surface area (Å²) >= 11 is 0. The number of hydrogen-bond donors (Lipinski definition) is 1. The summed E-state index contributed by atoms with van der Waals surface area (Å²) in [6, 6.07) is 9.72. The average Bonchev–Trinajstić information content (AvgIpc) is 2.39. The predicted octanol–water partition coefficient (Wildman–Crippen LogP) is 3.59. The van der Waals surface area contributed by atoms with Crippen molar-refractivity contribution in [3.05, 3.63) is 51.8 Å². The molecule has 0 saturated carbocycles. The lowest BCUT2D eigenvalue weighted by molar-refractivity contribution is 0.380. The molecule has 1 aromatic carbocycles. The van der Waals surface area contributed by atoms with Crippen molar-refractivity contribution in [3.8, 4) is 17.0 Å². The molecule has 2 aromatic rings. The lowest BCUT2D eigenvalue weighted by Crippen LogP contribution is -2.36. The Balaban J connectivity index is 2.96. The second kappa shape index (κ2) is 4.82. The van der Waals surface area contributed by atoms with Gasteiger partial charge >= 0.3 is 0 Å². The third-order valence-corrected chi connectivity index (χ3v) is 3.53. The van der Waals surface area contributed by atoms with E-state index in [1.807, 2.05) is 58.0 Å². The lowest BCUT2D eigenvalue weighted by Gasteiger charge is -2.29. The molecule has 0 radical (unpaired) electrons. The van der Waals surface area contributed by atoms with Crippen LogP contribution in [0.5, 0.6) is 5.75 Å². The van der Waals surface area contributed by atoms with E-state index in [0.717, 1.165) is 16.8 Å². The van der Waals surface area contributed by atoms with Gasteiger partial charge in [-0.1, -0.05) is 30.3 Å². The molecule has 1 aromatic heterocycles. The summed E-state index contributed by atoms with van der Waals surface area (Å²) in [5.41, 5.74) is 2.36. The van der Waals surface area contributed by atoms with Crippen LogP contribution in [0.2, 0.25) is 0 Å². The zero-order chi connectivity index (χ0) is 15.1. The van der Waals surface area contributed by atoms with Crippen LogP contribution in [0.25, 0.3) is 11.3 Å². The first-order chi connectivity index (χ1) is 9.25. The van der Waals surface area contributed by atoms with Gasteiger partial charge in [-0.15, -0.1) is 0 Å². The van der Waals surface area contributed by atoms with Gasteiger partial charge in [0, 0.05) is 11.1 Å². The van der Waals surface area contributed by atoms with Gasteiger partial charge in [-0.05, 0) is 40.2 Å². The van der Waals surface area contributed by atoms with Crippen molar-refractivity contribution >= 4 is 0 Å². The minimum Gasteiger partial charge on any atom is -0.507 e. The molecule has 0 saturated heterocycles. The van der Waals surface area contributed by atoms with Gasteiger partial charge in [0.05, 0.1) is 11.3 Å². The first kappa shape index (κ1) is 14.4. The number of aromatic hydroxyl groups is 1. The molecule has 20 heavy (non-hydrogen) atoms. The van der Waals surface area contributed by atoms with Crippen LogP contribution in [-0.4, -0.2) is 9.67 Å². The number of aromatic nitrogens is 1. The maximum Gasteiger partial charge on any atom is 0.258 e. The van der Waals surface area contributed by atoms with Crippen molar-refractivity contribution in [2.45, 2.75) is 40.2 Å². The van der Waals surface area contributed by atoms with Crippen molar-refractivity contribution in [2.75, 3.05) is 0 Å². The summed E-state index contributed by atoms with van der Waals surface area (Å²) in [5, 5.41) is 10.2. The van der Waals surface area contributed by atoms with Crippen molar-refractivity contribution in [1.29, 1.82) is 0 Å². The van der Waals surface area contributed by atoms with Crippen molar-refractivity contribution in [3.63, 3.8) is 0 Å². The molecule has 0 aliphatic carbocycles. The highest BCUT2D eigenvalue weighted by atomic mass is 16.3. The van der Waals surface area contributed by atoms with E-state index in [1.54, 1.807) is 11.5 Å². The van der Waals surface area contributed by atoms with E-state index in [4.69, 9.17) is 0 Å². The molecular weight excluding hydrogens is 250 g/mol. The SMILES string of the molecule is Cc1c(O)c(C)c(=O)n(C(C)(C)C)c1-c1ccccc1. The van der Waals surface area contributed by atoms with E-state index in [0.29, 0.717) is 5.56 Å². The van der Waals surface area contributed by atoms with Crippen LogP contribution in [-0.2, 0) is 5.54 Å². The molecule has 2 rings (SSSR count). The lowest BCUT2D eigenvalue weighted by atomic mass is 9.98. The minimum absolute atomic E-state index is 0.0920. The maximum absolute atomic E-state index is 12.6. The standard InChI is InChI=1S/C17H21NO2/c1-11-14(13-9-7-6-8-10-13)18(17(3,4)5)16(20)12(2)15(11)19/h6-10,19H,1-5H3. The summed E-state index contributed by atoms with van der Waals surface area (Å²) in [7, 11) is 0. The van der Waals surface area contributed by atoms with Gasteiger partial charge in [0.2, 0.25) is 0 Å². The Morgan fingerprint density at radius 2 is 1.55 bits per heavy atom. The molecule has 0 amide bonds. The zero-order valence-corrected chi connectivity index (χ0v) is 12.7. The van der Waals surface area contributed by atoms with Crippen molar-refractivity contribution < 1.29 is 5.11 Å². The molecule has 0 fully saturated rings. The van der Waals surface area contributed by atoms with E-state index in [2.05, 4.69) is 0 Å². The van der Waals surface area contributed by atoms with Crippen LogP contribution in [0, 0.1) is 13.8 Å². The van der Waals surface area contributed by atoms with E-state index >= 15 is 0 Å². The average molecular weight is 271 g/mol. The monoisotopic (exact) mass is 271 g/mol. The van der Waals surface area contributed by atoms with Crippen LogP contribution in [0.15, 0.2) is 35.1 Å². The quantitative estimate of drug-likeness (QED) is 0.861. The van der Waals surface area contributed by atoms with Crippen LogP contribution in [0.3, 0.4) is 0 Å². The summed E-state index contributed by atoms with van der Waals surface area (Å²) < 4.78 is 1.77. The van der Waals surface area contributed by atoms with Gasteiger partial charge in [-0.25, -0.2) is 0 Å². The molecule has 0 spiro atoms. The van der Waals surface area contributed by atoms with Gasteiger partial charge in [0.15, 0.2) is 0 Å². The second-order valence-electron chi connectivity index (χ2n) is 6.12. The van der Waals surface area contributed by atoms with Crippen LogP contribution >= 0.6 is 0 Å². The fraction of sp³-hybridized carbons (Fsp3) is 0.353. The van der Waals surface area contributed by atoms with Crippen LogP contribution < -0.4 is 5.56 Å². The summed E-state index contributed by atoms with van der Waals surface area (Å²) in [6.07, 6.45) is 0.